The van der Waals surface area contributed by atoms with E-state index < -0.39 is 0 Å². The van der Waals surface area contributed by atoms with Gasteiger partial charge in [-0.05, 0) is 30.3 Å². The predicted octanol–water partition coefficient (Wildman–Crippen LogP) is 3.98. The second kappa shape index (κ2) is 11.7. The van der Waals surface area contributed by atoms with E-state index in [0.29, 0.717) is 12.6 Å². The largest absolute Gasteiger partial charge is 0.492 e. The molecule has 2 aliphatic heterocycles. The van der Waals surface area contributed by atoms with Crippen molar-refractivity contribution in [3.63, 3.8) is 0 Å². The molecule has 2 saturated heterocycles. The highest BCUT2D eigenvalue weighted by molar-refractivity contribution is 5.93. The number of morpholine rings is 2. The van der Waals surface area contributed by atoms with Crippen LogP contribution >= 0.6 is 0 Å². The molecule has 9 nitrogen and oxygen atoms in total. The molecule has 2 fully saturated rings. The monoisotopic (exact) mass is 512 g/mol. The third-order valence-corrected chi connectivity index (χ3v) is 6.90. The third kappa shape index (κ3) is 5.85. The summed E-state index contributed by atoms with van der Waals surface area (Å²) in [5.41, 5.74) is 4.73. The molecule has 196 valence electrons. The van der Waals surface area contributed by atoms with Crippen molar-refractivity contribution in [3.05, 3.63) is 67.0 Å². The van der Waals surface area contributed by atoms with Crippen LogP contribution < -0.4 is 15.0 Å². The molecule has 2 aliphatic rings. The number of ether oxygens (including phenoxy) is 3. The van der Waals surface area contributed by atoms with Crippen molar-refractivity contribution in [3.8, 4) is 17.0 Å². The van der Waals surface area contributed by atoms with Gasteiger partial charge < -0.3 is 24.4 Å². The molecule has 0 radical (unpaired) electrons. The third-order valence-electron chi connectivity index (χ3n) is 6.90. The van der Waals surface area contributed by atoms with Gasteiger partial charge >= 0.3 is 0 Å². The van der Waals surface area contributed by atoms with Crippen LogP contribution in [-0.2, 0) is 9.47 Å². The van der Waals surface area contributed by atoms with Crippen molar-refractivity contribution in [2.24, 2.45) is 0 Å². The number of pyridine rings is 1. The summed E-state index contributed by atoms with van der Waals surface area (Å²) in [4.78, 5) is 18.7. The van der Waals surface area contributed by atoms with Gasteiger partial charge in [-0.25, -0.2) is 9.97 Å². The Balaban J connectivity index is 1.17. The number of nitrogens with one attached hydrogen (secondary N) is 1. The van der Waals surface area contributed by atoms with Crippen LogP contribution in [0.25, 0.3) is 22.2 Å². The molecule has 0 amide bonds. The number of hydrogen-bond acceptors (Lipinski definition) is 9. The lowest BCUT2D eigenvalue weighted by Gasteiger charge is -2.28. The van der Waals surface area contributed by atoms with E-state index >= 15 is 0 Å². The van der Waals surface area contributed by atoms with E-state index in [0.717, 1.165) is 92.7 Å². The van der Waals surface area contributed by atoms with Crippen molar-refractivity contribution in [1.82, 2.24) is 19.9 Å². The molecule has 2 aromatic carbocycles. The van der Waals surface area contributed by atoms with Crippen LogP contribution in [-0.4, -0.2) is 85.6 Å². The second-order valence-electron chi connectivity index (χ2n) is 9.39. The number of aromatic nitrogens is 3. The molecule has 0 bridgehead atoms. The average Bonchev–Trinajstić information content (AvgIpc) is 2.98. The van der Waals surface area contributed by atoms with Crippen LogP contribution in [0.1, 0.15) is 0 Å². The Labute approximate surface area is 222 Å². The highest BCUT2D eigenvalue weighted by atomic mass is 16.5. The Hall–Kier alpha value is -3.79. The molecule has 9 heteroatoms. The Morgan fingerprint density at radius 3 is 2.47 bits per heavy atom. The minimum absolute atomic E-state index is 0.544. The quantitative estimate of drug-likeness (QED) is 0.377. The minimum atomic E-state index is 0.544. The number of fused-ring (bicyclic) bond motifs is 1. The van der Waals surface area contributed by atoms with Gasteiger partial charge in [0.25, 0.3) is 0 Å². The second-order valence-corrected chi connectivity index (χ2v) is 9.39. The Morgan fingerprint density at radius 2 is 1.66 bits per heavy atom. The summed E-state index contributed by atoms with van der Waals surface area (Å²) in [6, 6.07) is 18.3. The summed E-state index contributed by atoms with van der Waals surface area (Å²) in [5.74, 6) is 1.34. The Kier molecular flexibility index (Phi) is 7.57. The highest BCUT2D eigenvalue weighted by Gasteiger charge is 2.13. The van der Waals surface area contributed by atoms with Crippen LogP contribution in [0.3, 0.4) is 0 Å². The first kappa shape index (κ1) is 24.5. The number of benzene rings is 2. The molecular weight excluding hydrogens is 480 g/mol. The smallest absolute Gasteiger partial charge is 0.227 e. The van der Waals surface area contributed by atoms with Crippen molar-refractivity contribution < 1.29 is 14.2 Å². The number of hydrogen-bond donors (Lipinski definition) is 1. The van der Waals surface area contributed by atoms with Gasteiger partial charge in [-0.3, -0.25) is 9.88 Å². The van der Waals surface area contributed by atoms with Crippen LogP contribution in [0.5, 0.6) is 5.75 Å². The van der Waals surface area contributed by atoms with Crippen molar-refractivity contribution >= 4 is 28.2 Å². The van der Waals surface area contributed by atoms with E-state index in [4.69, 9.17) is 19.2 Å². The summed E-state index contributed by atoms with van der Waals surface area (Å²) in [7, 11) is 0. The van der Waals surface area contributed by atoms with E-state index in [1.165, 1.54) is 5.69 Å². The van der Waals surface area contributed by atoms with E-state index in [-0.39, 0.29) is 0 Å². The van der Waals surface area contributed by atoms with Gasteiger partial charge in [0, 0.05) is 73.5 Å². The van der Waals surface area contributed by atoms with E-state index in [1.54, 1.807) is 6.20 Å². The van der Waals surface area contributed by atoms with Gasteiger partial charge in [-0.2, -0.15) is 0 Å². The van der Waals surface area contributed by atoms with Crippen molar-refractivity contribution in [1.29, 1.82) is 0 Å². The maximum absolute atomic E-state index is 6.06. The maximum atomic E-state index is 6.06. The molecule has 4 aromatic rings. The van der Waals surface area contributed by atoms with Crippen LogP contribution in [0.4, 0.5) is 17.3 Å². The molecule has 2 aromatic heterocycles. The SMILES string of the molecule is c1cc(-c2cc(OCCN3CCOCC3)ccn2)c2nc(Nc3ccc(N4CCOCC4)cc3)ncc2c1. The van der Waals surface area contributed by atoms with Gasteiger partial charge in [0.1, 0.15) is 12.4 Å². The van der Waals surface area contributed by atoms with Crippen molar-refractivity contribution in [2.45, 2.75) is 0 Å². The minimum Gasteiger partial charge on any atom is -0.492 e. The summed E-state index contributed by atoms with van der Waals surface area (Å²) in [6.07, 6.45) is 3.63. The number of rotatable bonds is 8. The first-order chi connectivity index (χ1) is 18.8. The number of para-hydroxylation sites is 1. The molecule has 0 unspecified atom stereocenters. The van der Waals surface area contributed by atoms with Crippen LogP contribution in [0.2, 0.25) is 0 Å². The zero-order valence-corrected chi connectivity index (χ0v) is 21.4. The maximum Gasteiger partial charge on any atom is 0.227 e. The normalized spacial score (nSPS) is 16.5. The fraction of sp³-hybridized carbons (Fsp3) is 0.345. The Bertz CT molecular complexity index is 1350. The standard InChI is InChI=1S/C29H32N6O3/c1-2-22-21-31-29(32-23-4-6-24(7-5-23)35-13-17-37-18-14-35)33-28(22)26(3-1)27-20-25(8-9-30-27)38-19-12-34-10-15-36-16-11-34/h1-9,20-21H,10-19H2,(H,31,32,33). The number of anilines is 3. The Morgan fingerprint density at radius 1 is 0.868 bits per heavy atom. The lowest BCUT2D eigenvalue weighted by Crippen LogP contribution is -2.38. The summed E-state index contributed by atoms with van der Waals surface area (Å²) < 4.78 is 16.9. The van der Waals surface area contributed by atoms with Gasteiger partial charge in [0.15, 0.2) is 0 Å². The molecule has 6 rings (SSSR count). The molecule has 1 N–H and O–H groups in total. The zero-order chi connectivity index (χ0) is 25.6. The molecule has 0 aliphatic carbocycles. The molecule has 0 atom stereocenters. The van der Waals surface area contributed by atoms with E-state index in [9.17, 15) is 0 Å². The lowest BCUT2D eigenvalue weighted by molar-refractivity contribution is 0.0322. The van der Waals surface area contributed by atoms with Gasteiger partial charge in [0.05, 0.1) is 37.6 Å². The fourth-order valence-electron chi connectivity index (χ4n) is 4.79. The van der Waals surface area contributed by atoms with Gasteiger partial charge in [-0.15, -0.1) is 0 Å². The van der Waals surface area contributed by atoms with Crippen LogP contribution in [0, 0.1) is 0 Å². The number of nitrogens with zero attached hydrogens (tertiary/aromatic N) is 5. The predicted molar refractivity (Wildman–Crippen MR) is 148 cm³/mol. The zero-order valence-electron chi connectivity index (χ0n) is 21.4. The average molecular weight is 513 g/mol. The molecular formula is C29H32N6O3. The topological polar surface area (TPSA) is 84.9 Å². The molecule has 4 heterocycles. The van der Waals surface area contributed by atoms with Gasteiger partial charge in [-0.1, -0.05) is 18.2 Å². The molecule has 38 heavy (non-hydrogen) atoms. The van der Waals surface area contributed by atoms with Gasteiger partial charge in [0.2, 0.25) is 5.95 Å². The van der Waals surface area contributed by atoms with Crippen LogP contribution in [0.15, 0.2) is 67.0 Å². The fourth-order valence-corrected chi connectivity index (χ4v) is 4.79. The lowest BCUT2D eigenvalue weighted by atomic mass is 10.1. The first-order valence-corrected chi connectivity index (χ1v) is 13.2. The van der Waals surface area contributed by atoms with Crippen molar-refractivity contribution in [2.75, 3.05) is 76.0 Å². The summed E-state index contributed by atoms with van der Waals surface area (Å²) >= 11 is 0. The van der Waals surface area contributed by atoms with E-state index in [1.807, 2.05) is 36.5 Å². The summed E-state index contributed by atoms with van der Waals surface area (Å²) in [6.45, 7) is 8.36. The molecule has 0 spiro atoms. The van der Waals surface area contributed by atoms with E-state index in [2.05, 4.69) is 49.4 Å². The molecule has 0 saturated carbocycles. The first-order valence-electron chi connectivity index (χ1n) is 13.2. The highest BCUT2D eigenvalue weighted by Crippen LogP contribution is 2.29. The summed E-state index contributed by atoms with van der Waals surface area (Å²) in [5, 5.41) is 4.31.